The maximum atomic E-state index is 2.44. The molecule has 0 bridgehead atoms. The molecule has 11 aromatic rings. The average molecular weight is 687 g/mol. The van der Waals surface area contributed by atoms with Gasteiger partial charge in [-0.05, 0) is 99.4 Å². The molecule has 0 atom stereocenters. The fourth-order valence-electron chi connectivity index (χ4n) is 8.58. The van der Waals surface area contributed by atoms with Gasteiger partial charge in [0, 0.05) is 32.6 Å². The maximum Gasteiger partial charge on any atom is 0.0541 e. The summed E-state index contributed by atoms with van der Waals surface area (Å²) < 4.78 is 4.87. The van der Waals surface area contributed by atoms with Crippen LogP contribution in [0.5, 0.6) is 0 Å². The molecule has 0 N–H and O–H groups in total. The molecule has 252 valence electrons. The first-order chi connectivity index (χ1) is 26.8. The summed E-state index contributed by atoms with van der Waals surface area (Å²) in [5.41, 5.74) is 14.4. The van der Waals surface area contributed by atoms with Crippen LogP contribution < -0.4 is 0 Å². The van der Waals surface area contributed by atoms with Crippen LogP contribution in [0.4, 0.5) is 0 Å². The van der Waals surface area contributed by atoms with Crippen molar-refractivity contribution in [2.24, 2.45) is 0 Å². The highest BCUT2D eigenvalue weighted by atomic mass is 15.0. The Hall–Kier alpha value is -7.16. The minimum atomic E-state index is 1.15. The lowest BCUT2D eigenvalue weighted by molar-refractivity contribution is 1.18. The van der Waals surface area contributed by atoms with Crippen molar-refractivity contribution < 1.29 is 0 Å². The Bertz CT molecular complexity index is 3140. The van der Waals surface area contributed by atoms with Crippen molar-refractivity contribution in [1.29, 1.82) is 0 Å². The Balaban J connectivity index is 1.10. The SMILES string of the molecule is c1ccc(-c2cc(-c3ccccc3)cc(-n3c4ccccc4c4cc(-c5ccc6c(c5)c5ccccc5n6-c5cccc6ccccc56)ccc43)c2)cc1. The largest absolute Gasteiger partial charge is 0.309 e. The lowest BCUT2D eigenvalue weighted by Gasteiger charge is -2.14. The third-order valence-electron chi connectivity index (χ3n) is 11.1. The highest BCUT2D eigenvalue weighted by molar-refractivity contribution is 6.13. The van der Waals surface area contributed by atoms with Crippen LogP contribution in [0.2, 0.25) is 0 Å². The molecule has 0 aliphatic heterocycles. The van der Waals surface area contributed by atoms with Crippen molar-refractivity contribution in [1.82, 2.24) is 9.13 Å². The molecule has 0 aliphatic carbocycles. The standard InChI is InChI=1S/C52H34N2/c1-3-14-35(15-4-1)40-30-41(36-16-5-2-6-17-36)32-42(31-40)53-49-23-11-9-21-44(49)46-33-38(26-28-51(46)53)39-27-29-52-47(34-39)45-22-10-12-24-50(45)54(52)48-25-13-19-37-18-7-8-20-43(37)48/h1-34H. The third kappa shape index (κ3) is 4.81. The number of para-hydroxylation sites is 2. The Morgan fingerprint density at radius 1 is 0.241 bits per heavy atom. The number of rotatable bonds is 5. The minimum Gasteiger partial charge on any atom is -0.309 e. The lowest BCUT2D eigenvalue weighted by Crippen LogP contribution is -1.96. The van der Waals surface area contributed by atoms with E-state index in [0.29, 0.717) is 0 Å². The van der Waals surface area contributed by atoms with Crippen LogP contribution in [0.15, 0.2) is 206 Å². The Morgan fingerprint density at radius 2 is 0.704 bits per heavy atom. The lowest BCUT2D eigenvalue weighted by atomic mass is 9.98. The molecular formula is C52H34N2. The van der Waals surface area contributed by atoms with E-state index in [0.717, 1.165) is 5.69 Å². The quantitative estimate of drug-likeness (QED) is 0.171. The van der Waals surface area contributed by atoms with Crippen LogP contribution in [-0.4, -0.2) is 9.13 Å². The minimum absolute atomic E-state index is 1.15. The molecule has 0 unspecified atom stereocenters. The van der Waals surface area contributed by atoms with Gasteiger partial charge in [-0.2, -0.15) is 0 Å². The summed E-state index contributed by atoms with van der Waals surface area (Å²) in [6.45, 7) is 0. The number of nitrogens with zero attached hydrogens (tertiary/aromatic N) is 2. The molecule has 0 saturated heterocycles. The van der Waals surface area contributed by atoms with Crippen molar-refractivity contribution in [2.45, 2.75) is 0 Å². The second-order valence-corrected chi connectivity index (χ2v) is 14.2. The molecule has 2 aromatic heterocycles. The molecule has 0 fully saturated rings. The van der Waals surface area contributed by atoms with E-state index in [4.69, 9.17) is 0 Å². The van der Waals surface area contributed by atoms with Gasteiger partial charge >= 0.3 is 0 Å². The van der Waals surface area contributed by atoms with Crippen molar-refractivity contribution in [3.63, 3.8) is 0 Å². The topological polar surface area (TPSA) is 9.86 Å². The van der Waals surface area contributed by atoms with E-state index in [2.05, 4.69) is 215 Å². The van der Waals surface area contributed by atoms with Crippen LogP contribution >= 0.6 is 0 Å². The van der Waals surface area contributed by atoms with Crippen LogP contribution in [0.25, 0.3) is 99.1 Å². The fraction of sp³-hybridized carbons (Fsp3) is 0. The van der Waals surface area contributed by atoms with E-state index in [1.54, 1.807) is 0 Å². The summed E-state index contributed by atoms with van der Waals surface area (Å²) in [5.74, 6) is 0. The second kappa shape index (κ2) is 12.2. The highest BCUT2D eigenvalue weighted by Gasteiger charge is 2.18. The smallest absolute Gasteiger partial charge is 0.0541 e. The van der Waals surface area contributed by atoms with Crippen LogP contribution in [0.1, 0.15) is 0 Å². The normalized spacial score (nSPS) is 11.7. The summed E-state index contributed by atoms with van der Waals surface area (Å²) in [5, 5.41) is 7.49. The average Bonchev–Trinajstić information content (AvgIpc) is 3.76. The van der Waals surface area contributed by atoms with E-state index in [-0.39, 0.29) is 0 Å². The molecule has 54 heavy (non-hydrogen) atoms. The molecule has 0 saturated carbocycles. The van der Waals surface area contributed by atoms with E-state index in [1.807, 2.05) is 0 Å². The number of benzene rings is 9. The third-order valence-corrected chi connectivity index (χ3v) is 11.1. The number of hydrogen-bond donors (Lipinski definition) is 0. The van der Waals surface area contributed by atoms with Gasteiger partial charge in [0.1, 0.15) is 0 Å². The van der Waals surface area contributed by atoms with Crippen LogP contribution in [0.3, 0.4) is 0 Å². The van der Waals surface area contributed by atoms with Crippen molar-refractivity contribution in [3.05, 3.63) is 206 Å². The van der Waals surface area contributed by atoms with E-state index < -0.39 is 0 Å². The van der Waals surface area contributed by atoms with E-state index >= 15 is 0 Å². The van der Waals surface area contributed by atoms with Crippen LogP contribution in [-0.2, 0) is 0 Å². The van der Waals surface area contributed by atoms with Gasteiger partial charge in [0.05, 0.1) is 27.8 Å². The predicted octanol–water partition coefficient (Wildman–Crippen LogP) is 14.0. The van der Waals surface area contributed by atoms with Gasteiger partial charge in [-0.15, -0.1) is 0 Å². The molecule has 9 aromatic carbocycles. The zero-order chi connectivity index (χ0) is 35.6. The van der Waals surface area contributed by atoms with Gasteiger partial charge < -0.3 is 9.13 Å². The molecule has 2 heteroatoms. The van der Waals surface area contributed by atoms with E-state index in [1.165, 1.54) is 93.5 Å². The van der Waals surface area contributed by atoms with Crippen molar-refractivity contribution in [2.75, 3.05) is 0 Å². The van der Waals surface area contributed by atoms with Gasteiger partial charge in [0.2, 0.25) is 0 Å². The molecule has 0 aliphatic rings. The zero-order valence-electron chi connectivity index (χ0n) is 29.5. The Morgan fingerprint density at radius 3 is 1.31 bits per heavy atom. The maximum absolute atomic E-state index is 2.44. The van der Waals surface area contributed by atoms with Gasteiger partial charge in [-0.3, -0.25) is 0 Å². The molecule has 0 radical (unpaired) electrons. The highest BCUT2D eigenvalue weighted by Crippen LogP contribution is 2.40. The molecule has 2 nitrogen and oxygen atoms in total. The summed E-state index contributed by atoms with van der Waals surface area (Å²) in [7, 11) is 0. The number of fused-ring (bicyclic) bond motifs is 7. The Kier molecular flexibility index (Phi) is 6.90. The predicted molar refractivity (Wildman–Crippen MR) is 229 cm³/mol. The van der Waals surface area contributed by atoms with Gasteiger partial charge in [0.15, 0.2) is 0 Å². The monoisotopic (exact) mass is 686 g/mol. The van der Waals surface area contributed by atoms with Gasteiger partial charge in [0.25, 0.3) is 0 Å². The molecular weight excluding hydrogens is 653 g/mol. The first kappa shape index (κ1) is 30.5. The summed E-state index contributed by atoms with van der Waals surface area (Å²) >= 11 is 0. The van der Waals surface area contributed by atoms with Crippen molar-refractivity contribution >= 4 is 54.4 Å². The van der Waals surface area contributed by atoms with Gasteiger partial charge in [-0.25, -0.2) is 0 Å². The summed E-state index contributed by atoms with van der Waals surface area (Å²) in [6, 6.07) is 75.2. The molecule has 2 heterocycles. The zero-order valence-corrected chi connectivity index (χ0v) is 29.5. The van der Waals surface area contributed by atoms with Gasteiger partial charge in [-0.1, -0.05) is 146 Å². The van der Waals surface area contributed by atoms with Crippen molar-refractivity contribution in [3.8, 4) is 44.8 Å². The first-order valence-corrected chi connectivity index (χ1v) is 18.6. The number of hydrogen-bond acceptors (Lipinski definition) is 0. The number of aromatic nitrogens is 2. The Labute approximate surface area is 313 Å². The second-order valence-electron chi connectivity index (χ2n) is 14.2. The molecule has 11 rings (SSSR count). The van der Waals surface area contributed by atoms with E-state index in [9.17, 15) is 0 Å². The first-order valence-electron chi connectivity index (χ1n) is 18.6. The fourth-order valence-corrected chi connectivity index (χ4v) is 8.58. The molecule has 0 amide bonds. The van der Waals surface area contributed by atoms with Crippen LogP contribution in [0, 0.1) is 0 Å². The molecule has 0 spiro atoms. The summed E-state index contributed by atoms with van der Waals surface area (Å²) in [4.78, 5) is 0. The summed E-state index contributed by atoms with van der Waals surface area (Å²) in [6.07, 6.45) is 0.